The number of rotatable bonds is 3. The van der Waals surface area contributed by atoms with E-state index in [0.717, 1.165) is 11.0 Å². The molecule has 3 aromatic rings. The van der Waals surface area contributed by atoms with Crippen LogP contribution in [0.15, 0.2) is 30.6 Å². The lowest BCUT2D eigenvalue weighted by Gasteiger charge is -2.33. The van der Waals surface area contributed by atoms with Gasteiger partial charge < -0.3 is 10.1 Å². The summed E-state index contributed by atoms with van der Waals surface area (Å²) in [6, 6.07) is 3.38. The summed E-state index contributed by atoms with van der Waals surface area (Å²) in [7, 11) is 2.97. The Labute approximate surface area is 195 Å². The lowest BCUT2D eigenvalue weighted by molar-refractivity contribution is -0.118. The fourth-order valence-corrected chi connectivity index (χ4v) is 5.57. The van der Waals surface area contributed by atoms with Crippen LogP contribution in [0.1, 0.15) is 11.3 Å². The van der Waals surface area contributed by atoms with E-state index in [0.29, 0.717) is 21.4 Å². The number of anilines is 1. The number of pyridine rings is 1. The van der Waals surface area contributed by atoms with Gasteiger partial charge in [-0.15, -0.1) is 11.8 Å². The third-order valence-corrected chi connectivity index (χ3v) is 7.12. The Bertz CT molecular complexity index is 1430. The molecule has 2 aliphatic rings. The van der Waals surface area contributed by atoms with Crippen LogP contribution in [0.3, 0.4) is 0 Å². The highest BCUT2D eigenvalue weighted by molar-refractivity contribution is 8.09. The minimum Gasteiger partial charge on any atom is -0.494 e. The van der Waals surface area contributed by atoms with E-state index in [9.17, 15) is 19.2 Å². The molecule has 9 nitrogen and oxygen atoms in total. The maximum Gasteiger partial charge on any atom is 0.329 e. The zero-order chi connectivity index (χ0) is 23.4. The second kappa shape index (κ2) is 7.75. The fraction of sp³-hybridized carbons (Fsp3) is 0.190. The van der Waals surface area contributed by atoms with Crippen molar-refractivity contribution in [3.63, 3.8) is 0 Å². The van der Waals surface area contributed by atoms with Crippen LogP contribution < -0.4 is 15.0 Å². The number of carbonyl (C=O) groups is 2. The quantitative estimate of drug-likeness (QED) is 0.607. The Morgan fingerprint density at radius 2 is 2.12 bits per heavy atom. The molecular formula is C21H14ClFN6O3S. The molecule has 2 unspecified atom stereocenters. The lowest BCUT2D eigenvalue weighted by Crippen LogP contribution is -2.60. The number of carbonyl (C=O) groups excluding carboxylic acids is 2. The minimum atomic E-state index is -0.677. The maximum atomic E-state index is 14.0. The van der Waals surface area contributed by atoms with Gasteiger partial charge in [-0.25, -0.2) is 14.1 Å². The molecule has 2 atom stereocenters. The van der Waals surface area contributed by atoms with Crippen molar-refractivity contribution in [1.82, 2.24) is 20.1 Å². The van der Waals surface area contributed by atoms with Crippen LogP contribution in [0.5, 0.6) is 5.75 Å². The van der Waals surface area contributed by atoms with Gasteiger partial charge in [-0.1, -0.05) is 11.6 Å². The molecule has 2 aromatic heterocycles. The van der Waals surface area contributed by atoms with Gasteiger partial charge in [0.15, 0.2) is 17.3 Å². The van der Waals surface area contributed by atoms with E-state index < -0.39 is 29.0 Å². The number of halogens is 2. The van der Waals surface area contributed by atoms with Crippen molar-refractivity contribution in [2.75, 3.05) is 12.0 Å². The number of imide groups is 1. The van der Waals surface area contributed by atoms with Gasteiger partial charge in [0.1, 0.15) is 11.3 Å². The largest absolute Gasteiger partial charge is 0.494 e. The number of aryl methyl sites for hydroxylation is 1. The SMILES string of the molecule is COc1cc(C2=CC3NC(=O)N(c4cncc5c(C#N)nn(C)c45)C(=O)C3S2)c(Cl)cc1F. The monoisotopic (exact) mass is 484 g/mol. The zero-order valence-corrected chi connectivity index (χ0v) is 18.7. The molecule has 1 saturated heterocycles. The molecule has 3 amide bonds. The van der Waals surface area contributed by atoms with E-state index >= 15 is 0 Å². The minimum absolute atomic E-state index is 0.0185. The molecule has 1 N–H and O–H groups in total. The molecular weight excluding hydrogens is 471 g/mol. The lowest BCUT2D eigenvalue weighted by atomic mass is 10.1. The average molecular weight is 485 g/mol. The van der Waals surface area contributed by atoms with Gasteiger partial charge in [-0.3, -0.25) is 14.5 Å². The van der Waals surface area contributed by atoms with E-state index in [1.807, 2.05) is 6.07 Å². The fourth-order valence-electron chi connectivity index (χ4n) is 3.97. The van der Waals surface area contributed by atoms with Crippen molar-refractivity contribution in [3.8, 4) is 11.8 Å². The molecule has 2 aliphatic heterocycles. The normalized spacial score (nSPS) is 19.8. The molecule has 166 valence electrons. The van der Waals surface area contributed by atoms with Crippen molar-refractivity contribution in [2.24, 2.45) is 7.05 Å². The van der Waals surface area contributed by atoms with Crippen LogP contribution in [0, 0.1) is 17.1 Å². The molecule has 0 aliphatic carbocycles. The highest BCUT2D eigenvalue weighted by Crippen LogP contribution is 2.46. The summed E-state index contributed by atoms with van der Waals surface area (Å²) < 4.78 is 20.4. The Balaban J connectivity index is 1.53. The average Bonchev–Trinajstić information content (AvgIpc) is 3.35. The van der Waals surface area contributed by atoms with Crippen LogP contribution in [0.25, 0.3) is 15.8 Å². The van der Waals surface area contributed by atoms with E-state index in [-0.39, 0.29) is 22.2 Å². The summed E-state index contributed by atoms with van der Waals surface area (Å²) in [5.41, 5.74) is 1.30. The number of hydrogen-bond donors (Lipinski definition) is 1. The van der Waals surface area contributed by atoms with Gasteiger partial charge in [-0.2, -0.15) is 10.4 Å². The van der Waals surface area contributed by atoms with E-state index in [1.165, 1.54) is 42.0 Å². The molecule has 0 radical (unpaired) electrons. The van der Waals surface area contributed by atoms with Gasteiger partial charge >= 0.3 is 6.03 Å². The Morgan fingerprint density at radius 1 is 1.33 bits per heavy atom. The molecule has 0 saturated carbocycles. The smallest absolute Gasteiger partial charge is 0.329 e. The summed E-state index contributed by atoms with van der Waals surface area (Å²) in [6.07, 6.45) is 4.57. The number of benzene rings is 1. The Hall–Kier alpha value is -3.62. The standard InChI is InChI=1S/C21H14ClFN6O3S/c1-28-18-10(14(6-24)27-28)7-25-8-15(18)29-20(30)19-13(26-21(29)31)5-17(33-19)9-3-16(32-2)12(23)4-11(9)22/h3-5,7-8,13,19H,1-2H3,(H,26,31). The summed E-state index contributed by atoms with van der Waals surface area (Å²) >= 11 is 7.46. The third kappa shape index (κ3) is 3.21. The van der Waals surface area contributed by atoms with E-state index in [4.69, 9.17) is 16.3 Å². The Morgan fingerprint density at radius 3 is 2.85 bits per heavy atom. The summed E-state index contributed by atoms with van der Waals surface area (Å²) in [5, 5.41) is 16.2. The van der Waals surface area contributed by atoms with Crippen molar-refractivity contribution in [2.45, 2.75) is 11.3 Å². The first-order valence-corrected chi connectivity index (χ1v) is 10.9. The van der Waals surface area contributed by atoms with Crippen LogP contribution in [-0.4, -0.2) is 45.1 Å². The van der Waals surface area contributed by atoms with Gasteiger partial charge in [-0.05, 0) is 18.2 Å². The molecule has 0 spiro atoms. The van der Waals surface area contributed by atoms with Crippen LogP contribution in [0.4, 0.5) is 14.9 Å². The number of hydrogen-bond acceptors (Lipinski definition) is 7. The topological polar surface area (TPSA) is 113 Å². The maximum absolute atomic E-state index is 14.0. The first-order valence-electron chi connectivity index (χ1n) is 9.61. The highest BCUT2D eigenvalue weighted by atomic mass is 35.5. The number of nitriles is 1. The predicted octanol–water partition coefficient (Wildman–Crippen LogP) is 3.22. The van der Waals surface area contributed by atoms with E-state index in [1.54, 1.807) is 13.1 Å². The summed E-state index contributed by atoms with van der Waals surface area (Å²) in [6.45, 7) is 0. The molecule has 33 heavy (non-hydrogen) atoms. The first kappa shape index (κ1) is 21.2. The van der Waals surface area contributed by atoms with Crippen LogP contribution in [-0.2, 0) is 11.8 Å². The number of urea groups is 1. The van der Waals surface area contributed by atoms with Crippen LogP contribution >= 0.6 is 23.4 Å². The summed E-state index contributed by atoms with van der Waals surface area (Å²) in [4.78, 5) is 32.2. The van der Waals surface area contributed by atoms with Crippen LogP contribution in [0.2, 0.25) is 5.02 Å². The van der Waals surface area contributed by atoms with Gasteiger partial charge in [0.05, 0.1) is 41.0 Å². The second-order valence-electron chi connectivity index (χ2n) is 7.32. The molecule has 12 heteroatoms. The van der Waals surface area contributed by atoms with Gasteiger partial charge in [0, 0.05) is 23.7 Å². The third-order valence-electron chi connectivity index (χ3n) is 5.45. The number of thioether (sulfide) groups is 1. The zero-order valence-electron chi connectivity index (χ0n) is 17.2. The Kier molecular flexibility index (Phi) is 4.99. The molecule has 0 bridgehead atoms. The number of amides is 3. The number of ether oxygens (including phenoxy) is 1. The molecule has 1 fully saturated rings. The molecule has 4 heterocycles. The molecule has 1 aromatic carbocycles. The summed E-state index contributed by atoms with van der Waals surface area (Å²) in [5.74, 6) is -1.04. The predicted molar refractivity (Wildman–Crippen MR) is 120 cm³/mol. The number of nitrogens with zero attached hydrogens (tertiary/aromatic N) is 5. The second-order valence-corrected chi connectivity index (χ2v) is 8.91. The molecule has 5 rings (SSSR count). The highest BCUT2D eigenvalue weighted by Gasteiger charge is 2.46. The number of methoxy groups -OCH3 is 1. The van der Waals surface area contributed by atoms with Gasteiger partial charge in [0.2, 0.25) is 0 Å². The number of fused-ring (bicyclic) bond motifs is 2. The van der Waals surface area contributed by atoms with Gasteiger partial charge in [0.25, 0.3) is 5.91 Å². The van der Waals surface area contributed by atoms with Crippen molar-refractivity contribution >= 4 is 56.8 Å². The van der Waals surface area contributed by atoms with Crippen molar-refractivity contribution < 1.29 is 18.7 Å². The first-order chi connectivity index (χ1) is 15.8. The number of nitrogens with one attached hydrogen (secondary N) is 1. The van der Waals surface area contributed by atoms with Crippen molar-refractivity contribution in [3.05, 3.63) is 52.7 Å². The number of aromatic nitrogens is 3. The van der Waals surface area contributed by atoms with E-state index in [2.05, 4.69) is 15.4 Å². The van der Waals surface area contributed by atoms with Crippen molar-refractivity contribution in [1.29, 1.82) is 5.26 Å².